The molecule has 1 aromatic carbocycles. The van der Waals surface area contributed by atoms with Crippen LogP contribution in [0, 0.1) is 0 Å². The Morgan fingerprint density at radius 2 is 2.00 bits per heavy atom. The Kier molecular flexibility index (Phi) is 3.54. The first kappa shape index (κ1) is 13.3. The first-order valence-corrected chi connectivity index (χ1v) is 7.68. The summed E-state index contributed by atoms with van der Waals surface area (Å²) in [7, 11) is 0. The quantitative estimate of drug-likeness (QED) is 0.677. The molecule has 0 N–H and O–H groups in total. The summed E-state index contributed by atoms with van der Waals surface area (Å²) in [6.45, 7) is 0.0583. The van der Waals surface area contributed by atoms with E-state index < -0.39 is 0 Å². The van der Waals surface area contributed by atoms with Crippen molar-refractivity contribution in [3.05, 3.63) is 67.7 Å². The number of hydrogen-bond donors (Lipinski definition) is 0. The summed E-state index contributed by atoms with van der Waals surface area (Å²) in [5, 5.41) is 3.37. The molecular weight excluding hydrogens is 338 g/mol. The van der Waals surface area contributed by atoms with Crippen molar-refractivity contribution in [1.82, 2.24) is 4.57 Å². The lowest BCUT2D eigenvalue weighted by molar-refractivity contribution is 0.0974. The minimum Gasteiger partial charge on any atom is -0.307 e. The molecule has 0 saturated carbocycles. The minimum absolute atomic E-state index is 0.0583. The fourth-order valence-electron chi connectivity index (χ4n) is 2.07. The van der Waals surface area contributed by atoms with Crippen molar-refractivity contribution in [1.29, 1.82) is 0 Å². The number of hydrogen-bond acceptors (Lipinski definition) is 3. The van der Waals surface area contributed by atoms with Crippen molar-refractivity contribution in [3.8, 4) is 0 Å². The summed E-state index contributed by atoms with van der Waals surface area (Å²) in [4.78, 5) is 25.2. The van der Waals surface area contributed by atoms with Crippen LogP contribution >= 0.6 is 27.3 Å². The summed E-state index contributed by atoms with van der Waals surface area (Å²) in [5.74, 6) is -0.0655. The maximum Gasteiger partial charge on any atom is 0.258 e. The molecule has 0 unspecified atom stereocenters. The number of thiophene rings is 1. The SMILES string of the molecule is O=C(Cn1ccc2ccccc2c1=O)c1sccc1Br. The van der Waals surface area contributed by atoms with Crippen LogP contribution in [0.15, 0.2) is 57.2 Å². The molecule has 0 aliphatic carbocycles. The number of benzene rings is 1. The number of Topliss-reactive ketones (excluding diaryl/α,β-unsaturated/α-hetero) is 1. The van der Waals surface area contributed by atoms with E-state index in [-0.39, 0.29) is 17.9 Å². The molecule has 2 aromatic heterocycles. The third kappa shape index (κ3) is 2.34. The molecule has 0 spiro atoms. The fourth-order valence-corrected chi connectivity index (χ4v) is 3.60. The van der Waals surface area contributed by atoms with Crippen molar-refractivity contribution >= 4 is 43.8 Å². The second-order valence-corrected chi connectivity index (χ2v) is 6.13. The van der Waals surface area contributed by atoms with Gasteiger partial charge in [0.15, 0.2) is 5.78 Å². The van der Waals surface area contributed by atoms with Gasteiger partial charge in [0.25, 0.3) is 5.56 Å². The number of nitrogens with zero attached hydrogens (tertiary/aromatic N) is 1. The lowest BCUT2D eigenvalue weighted by atomic mass is 10.2. The summed E-state index contributed by atoms with van der Waals surface area (Å²) < 4.78 is 2.23. The first-order valence-electron chi connectivity index (χ1n) is 6.01. The molecule has 0 fully saturated rings. The van der Waals surface area contributed by atoms with E-state index in [1.807, 2.05) is 35.7 Å². The van der Waals surface area contributed by atoms with E-state index in [0.29, 0.717) is 10.3 Å². The number of rotatable bonds is 3. The molecule has 0 atom stereocenters. The van der Waals surface area contributed by atoms with Crippen molar-refractivity contribution in [2.75, 3.05) is 0 Å². The fraction of sp³-hybridized carbons (Fsp3) is 0.0667. The van der Waals surface area contributed by atoms with Crippen molar-refractivity contribution in [2.24, 2.45) is 0 Å². The first-order chi connectivity index (χ1) is 9.66. The standard InChI is InChI=1S/C15H10BrNO2S/c16-12-6-8-20-14(12)13(18)9-17-7-5-10-3-1-2-4-11(10)15(17)19/h1-8H,9H2. The monoisotopic (exact) mass is 347 g/mol. The molecule has 2 heterocycles. The molecule has 0 bridgehead atoms. The zero-order chi connectivity index (χ0) is 14.1. The van der Waals surface area contributed by atoms with E-state index in [9.17, 15) is 9.59 Å². The lowest BCUT2D eigenvalue weighted by Crippen LogP contribution is -2.23. The van der Waals surface area contributed by atoms with Crippen LogP contribution in [0.1, 0.15) is 9.67 Å². The van der Waals surface area contributed by atoms with Gasteiger partial charge in [-0.2, -0.15) is 0 Å². The maximum absolute atomic E-state index is 12.3. The summed E-state index contributed by atoms with van der Waals surface area (Å²) in [6.07, 6.45) is 1.67. The summed E-state index contributed by atoms with van der Waals surface area (Å²) in [5.41, 5.74) is -0.135. The van der Waals surface area contributed by atoms with Gasteiger partial charge in [0.2, 0.25) is 0 Å². The average molecular weight is 348 g/mol. The van der Waals surface area contributed by atoms with Crippen LogP contribution in [0.4, 0.5) is 0 Å². The highest BCUT2D eigenvalue weighted by atomic mass is 79.9. The molecule has 3 aromatic rings. The van der Waals surface area contributed by atoms with E-state index in [2.05, 4.69) is 15.9 Å². The van der Waals surface area contributed by atoms with E-state index in [4.69, 9.17) is 0 Å². The number of halogens is 1. The second kappa shape index (κ2) is 5.34. The van der Waals surface area contributed by atoms with Gasteiger partial charge in [-0.1, -0.05) is 18.2 Å². The highest BCUT2D eigenvalue weighted by Gasteiger charge is 2.13. The van der Waals surface area contributed by atoms with Gasteiger partial charge >= 0.3 is 0 Å². The molecule has 5 heteroatoms. The van der Waals surface area contributed by atoms with Crippen LogP contribution in [0.3, 0.4) is 0 Å². The third-order valence-corrected chi connectivity index (χ3v) is 4.95. The number of pyridine rings is 1. The molecule has 0 saturated heterocycles. The van der Waals surface area contributed by atoms with Crippen molar-refractivity contribution < 1.29 is 4.79 Å². The number of fused-ring (bicyclic) bond motifs is 1. The third-order valence-electron chi connectivity index (χ3n) is 3.07. The van der Waals surface area contributed by atoms with Crippen LogP contribution in [0.2, 0.25) is 0 Å². The van der Waals surface area contributed by atoms with Crippen LogP contribution in [-0.2, 0) is 6.54 Å². The van der Waals surface area contributed by atoms with Gasteiger partial charge in [0.1, 0.15) is 0 Å². The molecule has 0 aliphatic rings. The topological polar surface area (TPSA) is 39.1 Å². The molecule has 0 amide bonds. The van der Waals surface area contributed by atoms with Gasteiger partial charge in [-0.25, -0.2) is 0 Å². The van der Waals surface area contributed by atoms with Gasteiger partial charge in [-0.3, -0.25) is 9.59 Å². The molecule has 20 heavy (non-hydrogen) atoms. The Labute approximate surface area is 127 Å². The largest absolute Gasteiger partial charge is 0.307 e. The average Bonchev–Trinajstić information content (AvgIpc) is 2.88. The van der Waals surface area contributed by atoms with E-state index in [1.165, 1.54) is 15.9 Å². The van der Waals surface area contributed by atoms with E-state index in [0.717, 1.165) is 9.86 Å². The van der Waals surface area contributed by atoms with Crippen molar-refractivity contribution in [2.45, 2.75) is 6.54 Å². The Hall–Kier alpha value is -1.72. The van der Waals surface area contributed by atoms with Gasteiger partial charge in [0.05, 0.1) is 11.4 Å². The Morgan fingerprint density at radius 3 is 2.75 bits per heavy atom. The molecule has 0 radical (unpaired) electrons. The Balaban J connectivity index is 2.00. The molecule has 100 valence electrons. The van der Waals surface area contributed by atoms with Crippen LogP contribution in [0.5, 0.6) is 0 Å². The molecular formula is C15H10BrNO2S. The number of aromatic nitrogens is 1. The number of carbonyl (C=O) groups is 1. The summed E-state index contributed by atoms with van der Waals surface area (Å²) in [6, 6.07) is 11.1. The van der Waals surface area contributed by atoms with E-state index >= 15 is 0 Å². The van der Waals surface area contributed by atoms with Gasteiger partial charge in [0, 0.05) is 16.1 Å². The highest BCUT2D eigenvalue weighted by molar-refractivity contribution is 9.10. The van der Waals surface area contributed by atoms with Crippen LogP contribution in [0.25, 0.3) is 10.8 Å². The van der Waals surface area contributed by atoms with Crippen LogP contribution < -0.4 is 5.56 Å². The summed E-state index contributed by atoms with van der Waals surface area (Å²) >= 11 is 4.72. The molecule has 3 nitrogen and oxygen atoms in total. The highest BCUT2D eigenvalue weighted by Crippen LogP contribution is 2.23. The maximum atomic E-state index is 12.3. The van der Waals surface area contributed by atoms with E-state index in [1.54, 1.807) is 12.3 Å². The zero-order valence-electron chi connectivity index (χ0n) is 10.4. The second-order valence-electron chi connectivity index (χ2n) is 4.36. The van der Waals surface area contributed by atoms with Crippen LogP contribution in [-0.4, -0.2) is 10.4 Å². The molecule has 3 rings (SSSR count). The predicted octanol–water partition coefficient (Wildman–Crippen LogP) is 3.71. The molecule has 0 aliphatic heterocycles. The van der Waals surface area contributed by atoms with Crippen molar-refractivity contribution in [3.63, 3.8) is 0 Å². The zero-order valence-corrected chi connectivity index (χ0v) is 12.8. The normalized spacial score (nSPS) is 10.8. The lowest BCUT2D eigenvalue weighted by Gasteiger charge is -2.06. The smallest absolute Gasteiger partial charge is 0.258 e. The van der Waals surface area contributed by atoms with Gasteiger partial charge < -0.3 is 4.57 Å². The predicted molar refractivity (Wildman–Crippen MR) is 84.6 cm³/mol. The van der Waals surface area contributed by atoms with Gasteiger partial charge in [-0.15, -0.1) is 11.3 Å². The number of ketones is 1. The Bertz CT molecular complexity index is 850. The number of carbonyl (C=O) groups excluding carboxylic acids is 1. The minimum atomic E-state index is -0.135. The Morgan fingerprint density at radius 1 is 1.20 bits per heavy atom. The van der Waals surface area contributed by atoms with Gasteiger partial charge in [-0.05, 0) is 44.9 Å².